The van der Waals surface area contributed by atoms with Gasteiger partial charge in [0, 0.05) is 29.8 Å². The minimum atomic E-state index is -0.637. The molecule has 0 spiro atoms. The van der Waals surface area contributed by atoms with E-state index in [0.717, 1.165) is 41.3 Å². The number of aromatic amines is 1. The van der Waals surface area contributed by atoms with Gasteiger partial charge in [-0.25, -0.2) is 13.8 Å². The highest BCUT2D eigenvalue weighted by Crippen LogP contribution is 2.20. The third kappa shape index (κ3) is 4.70. The van der Waals surface area contributed by atoms with Crippen molar-refractivity contribution in [3.8, 4) is 0 Å². The second kappa shape index (κ2) is 8.73. The van der Waals surface area contributed by atoms with Crippen LogP contribution in [-0.4, -0.2) is 27.7 Å². The highest BCUT2D eigenvalue weighted by Gasteiger charge is 2.16. The molecule has 4 nitrogen and oxygen atoms in total. The molecule has 0 aliphatic heterocycles. The van der Waals surface area contributed by atoms with Crippen LogP contribution >= 0.6 is 12.6 Å². The minimum absolute atomic E-state index is 0.257. The first-order valence-corrected chi connectivity index (χ1v) is 9.88. The summed E-state index contributed by atoms with van der Waals surface area (Å²) >= 11 is 4.27. The van der Waals surface area contributed by atoms with Gasteiger partial charge in [0.25, 0.3) is 5.91 Å². The number of amides is 1. The normalized spacial score (nSPS) is 12.3. The van der Waals surface area contributed by atoms with Crippen molar-refractivity contribution in [1.82, 2.24) is 15.3 Å². The molecular weight excluding hydrogens is 380 g/mol. The molecule has 0 saturated heterocycles. The van der Waals surface area contributed by atoms with Crippen LogP contribution in [0.2, 0.25) is 0 Å². The van der Waals surface area contributed by atoms with Gasteiger partial charge in [-0.2, -0.15) is 12.6 Å². The van der Waals surface area contributed by atoms with Crippen molar-refractivity contribution in [2.75, 3.05) is 5.75 Å². The number of hydrogen-bond donors (Lipinski definition) is 3. The minimum Gasteiger partial charge on any atom is -0.348 e. The summed E-state index contributed by atoms with van der Waals surface area (Å²) in [5.74, 6) is -0.285. The fourth-order valence-corrected chi connectivity index (χ4v) is 3.49. The summed E-state index contributed by atoms with van der Waals surface area (Å²) in [6.07, 6.45) is 2.12. The lowest BCUT2D eigenvalue weighted by Gasteiger charge is -2.17. The Bertz CT molecular complexity index is 982. The molecule has 3 aromatic rings. The van der Waals surface area contributed by atoms with Crippen LogP contribution < -0.4 is 5.32 Å². The van der Waals surface area contributed by atoms with E-state index in [1.807, 2.05) is 6.92 Å². The van der Waals surface area contributed by atoms with Crippen LogP contribution in [-0.2, 0) is 12.8 Å². The van der Waals surface area contributed by atoms with E-state index < -0.39 is 11.6 Å². The molecule has 0 unspecified atom stereocenters. The Morgan fingerprint density at radius 1 is 1.21 bits per heavy atom. The first-order chi connectivity index (χ1) is 13.4. The number of rotatable bonds is 7. The summed E-state index contributed by atoms with van der Waals surface area (Å²) in [6.45, 7) is 4.00. The van der Waals surface area contributed by atoms with Crippen molar-refractivity contribution in [3.05, 3.63) is 64.5 Å². The number of aromatic nitrogens is 2. The summed E-state index contributed by atoms with van der Waals surface area (Å²) in [5, 5.41) is 2.90. The second-order valence-electron chi connectivity index (χ2n) is 6.96. The molecule has 148 valence electrons. The Morgan fingerprint density at radius 3 is 2.57 bits per heavy atom. The number of nitrogens with one attached hydrogen (secondary N) is 2. The molecule has 3 rings (SSSR count). The molecule has 0 fully saturated rings. The van der Waals surface area contributed by atoms with Gasteiger partial charge < -0.3 is 10.3 Å². The van der Waals surface area contributed by atoms with Gasteiger partial charge in [-0.1, -0.05) is 6.92 Å². The Labute approximate surface area is 168 Å². The first kappa shape index (κ1) is 20.3. The van der Waals surface area contributed by atoms with Gasteiger partial charge in [0.1, 0.15) is 17.5 Å². The zero-order valence-corrected chi connectivity index (χ0v) is 16.7. The van der Waals surface area contributed by atoms with Crippen molar-refractivity contribution in [3.63, 3.8) is 0 Å². The maximum absolute atomic E-state index is 13.4. The van der Waals surface area contributed by atoms with Crippen LogP contribution in [0, 0.1) is 18.6 Å². The first-order valence-electron chi connectivity index (χ1n) is 9.25. The number of carbonyl (C=O) groups is 1. The molecule has 2 N–H and O–H groups in total. The van der Waals surface area contributed by atoms with Crippen LogP contribution in [0.4, 0.5) is 8.78 Å². The summed E-state index contributed by atoms with van der Waals surface area (Å²) in [5.41, 5.74) is 3.58. The van der Waals surface area contributed by atoms with E-state index in [0.29, 0.717) is 16.9 Å². The lowest BCUT2D eigenvalue weighted by atomic mass is 10.1. The molecule has 0 radical (unpaired) electrons. The molecule has 0 aliphatic carbocycles. The molecule has 0 aliphatic rings. The number of halogens is 2. The maximum Gasteiger partial charge on any atom is 0.251 e. The summed E-state index contributed by atoms with van der Waals surface area (Å²) in [7, 11) is 0. The summed E-state index contributed by atoms with van der Waals surface area (Å²) < 4.78 is 26.8. The third-order valence-corrected chi connectivity index (χ3v) is 4.98. The van der Waals surface area contributed by atoms with Crippen LogP contribution in [0.1, 0.15) is 40.7 Å². The lowest BCUT2D eigenvalue weighted by Crippen LogP contribution is -2.37. The quantitative estimate of drug-likeness (QED) is 0.513. The smallest absolute Gasteiger partial charge is 0.251 e. The SMILES string of the molecule is CCCc1nc2c(C)cc(C(=O)N[C@@H](CS)Cc3cc(F)cc(F)c3)cc2[nH]1. The van der Waals surface area contributed by atoms with E-state index in [1.54, 1.807) is 12.1 Å². The van der Waals surface area contributed by atoms with Crippen molar-refractivity contribution in [2.24, 2.45) is 0 Å². The Balaban J connectivity index is 1.78. The van der Waals surface area contributed by atoms with Crippen molar-refractivity contribution in [2.45, 2.75) is 39.2 Å². The number of hydrogen-bond acceptors (Lipinski definition) is 3. The average Bonchev–Trinajstić information content (AvgIpc) is 3.03. The highest BCUT2D eigenvalue weighted by atomic mass is 32.1. The number of thiol groups is 1. The molecule has 1 heterocycles. The van der Waals surface area contributed by atoms with E-state index >= 15 is 0 Å². The van der Waals surface area contributed by atoms with E-state index in [-0.39, 0.29) is 18.4 Å². The summed E-state index contributed by atoms with van der Waals surface area (Å²) in [4.78, 5) is 20.6. The Morgan fingerprint density at radius 2 is 1.93 bits per heavy atom. The van der Waals surface area contributed by atoms with Crippen LogP contribution in [0.25, 0.3) is 11.0 Å². The van der Waals surface area contributed by atoms with Crippen molar-refractivity contribution < 1.29 is 13.6 Å². The number of carbonyl (C=O) groups excluding carboxylic acids is 1. The van der Waals surface area contributed by atoms with Gasteiger partial charge in [-0.05, 0) is 55.2 Å². The van der Waals surface area contributed by atoms with E-state index in [9.17, 15) is 13.6 Å². The van der Waals surface area contributed by atoms with Gasteiger partial charge in [-0.15, -0.1) is 0 Å². The number of fused-ring (bicyclic) bond motifs is 1. The molecule has 1 atom stereocenters. The third-order valence-electron chi connectivity index (χ3n) is 4.54. The van der Waals surface area contributed by atoms with Crippen molar-refractivity contribution in [1.29, 1.82) is 0 Å². The fourth-order valence-electron chi connectivity index (χ4n) is 3.27. The van der Waals surface area contributed by atoms with Crippen molar-refractivity contribution >= 4 is 29.6 Å². The van der Waals surface area contributed by atoms with E-state index in [4.69, 9.17) is 0 Å². The largest absolute Gasteiger partial charge is 0.348 e. The van der Waals surface area contributed by atoms with Gasteiger partial charge in [-0.3, -0.25) is 4.79 Å². The predicted molar refractivity (Wildman–Crippen MR) is 110 cm³/mol. The van der Waals surface area contributed by atoms with Gasteiger partial charge in [0.15, 0.2) is 0 Å². The molecule has 0 saturated carbocycles. The number of aryl methyl sites for hydroxylation is 2. The second-order valence-corrected chi connectivity index (χ2v) is 7.32. The zero-order valence-electron chi connectivity index (χ0n) is 15.9. The molecule has 28 heavy (non-hydrogen) atoms. The average molecular weight is 403 g/mol. The van der Waals surface area contributed by atoms with E-state index in [1.165, 1.54) is 12.1 Å². The van der Waals surface area contributed by atoms with Crippen LogP contribution in [0.3, 0.4) is 0 Å². The molecule has 1 aromatic heterocycles. The molecule has 0 bridgehead atoms. The number of benzene rings is 2. The van der Waals surface area contributed by atoms with E-state index in [2.05, 4.69) is 34.8 Å². The maximum atomic E-state index is 13.4. The topological polar surface area (TPSA) is 57.8 Å². The summed E-state index contributed by atoms with van der Waals surface area (Å²) in [6, 6.07) is 6.58. The molecule has 2 aromatic carbocycles. The monoisotopic (exact) mass is 403 g/mol. The van der Waals surface area contributed by atoms with Crippen LogP contribution in [0.5, 0.6) is 0 Å². The van der Waals surface area contributed by atoms with Crippen LogP contribution in [0.15, 0.2) is 30.3 Å². The lowest BCUT2D eigenvalue weighted by molar-refractivity contribution is 0.0941. The molecule has 7 heteroatoms. The number of nitrogens with zero attached hydrogens (tertiary/aromatic N) is 1. The predicted octanol–water partition coefficient (Wildman–Crippen LogP) is 4.37. The van der Waals surface area contributed by atoms with Gasteiger partial charge in [0.05, 0.1) is 11.0 Å². The molecular formula is C21H23F2N3OS. The number of imidazole rings is 1. The Kier molecular flexibility index (Phi) is 6.34. The molecule has 1 amide bonds. The van der Waals surface area contributed by atoms with Gasteiger partial charge in [0.2, 0.25) is 0 Å². The number of H-pyrrole nitrogens is 1. The highest BCUT2D eigenvalue weighted by molar-refractivity contribution is 7.80. The van der Waals surface area contributed by atoms with Gasteiger partial charge >= 0.3 is 0 Å². The zero-order chi connectivity index (χ0) is 20.3. The Hall–Kier alpha value is -2.41. The standard InChI is InChI=1S/C21H23F2N3OS/c1-3-4-19-25-18-9-14(5-12(2)20(18)26-19)21(27)24-17(11-28)8-13-6-15(22)10-16(23)7-13/h5-7,9-10,17,28H,3-4,8,11H2,1-2H3,(H,24,27)(H,25,26)/t17-/m1/s1. The fraction of sp³-hybridized carbons (Fsp3) is 0.333.